The monoisotopic (exact) mass is 166 g/mol. The van der Waals surface area contributed by atoms with Crippen molar-refractivity contribution < 1.29 is 5.48 Å². The van der Waals surface area contributed by atoms with Crippen LogP contribution in [0.5, 0.6) is 0 Å². The Balaban J connectivity index is 2.42. The summed E-state index contributed by atoms with van der Waals surface area (Å²) in [4.78, 5) is 3.69. The number of hydrogen-bond donors (Lipinski definition) is 1. The second-order valence-electron chi connectivity index (χ2n) is 3.00. The van der Waals surface area contributed by atoms with Crippen molar-refractivity contribution in [3.05, 3.63) is 30.0 Å². The predicted octanol–water partition coefficient (Wildman–Crippen LogP) is 1.90. The summed E-state index contributed by atoms with van der Waals surface area (Å²) in [6.07, 6.45) is 2.72. The van der Waals surface area contributed by atoms with Crippen LogP contribution < -0.4 is 5.32 Å². The van der Waals surface area contributed by atoms with Gasteiger partial charge >= 0.3 is 0 Å². The lowest BCUT2D eigenvalue weighted by atomic mass is 9.99. The summed E-state index contributed by atoms with van der Waals surface area (Å²) in [5.41, 5.74) is 0.473. The Kier molecular flexibility index (Phi) is 1.34. The van der Waals surface area contributed by atoms with Crippen molar-refractivity contribution in [2.75, 3.05) is 6.54 Å². The Hall–Kier alpha value is -0.890. The van der Waals surface area contributed by atoms with Crippen molar-refractivity contribution in [3.63, 3.8) is 0 Å². The van der Waals surface area contributed by atoms with Crippen LogP contribution in [0.2, 0.25) is 0 Å². The van der Waals surface area contributed by atoms with Crippen molar-refractivity contribution in [2.45, 2.75) is 25.3 Å². The van der Waals surface area contributed by atoms with Gasteiger partial charge in [0.15, 0.2) is 0 Å². The second kappa shape index (κ2) is 3.68. The van der Waals surface area contributed by atoms with Crippen LogP contribution in [0.15, 0.2) is 24.4 Å². The topological polar surface area (TPSA) is 24.9 Å². The number of nitrogens with zero attached hydrogens (tertiary/aromatic N) is 1. The van der Waals surface area contributed by atoms with Gasteiger partial charge < -0.3 is 5.32 Å². The van der Waals surface area contributed by atoms with Crippen LogP contribution in [-0.4, -0.2) is 11.5 Å². The highest BCUT2D eigenvalue weighted by Crippen LogP contribution is 2.21. The van der Waals surface area contributed by atoms with E-state index in [1.54, 1.807) is 0 Å². The molecule has 2 heteroatoms. The van der Waals surface area contributed by atoms with E-state index >= 15 is 0 Å². The smallest absolute Gasteiger partial charge is 0.0843 e. The van der Waals surface area contributed by atoms with Gasteiger partial charge in [0.2, 0.25) is 0 Å². The Bertz CT molecular complexity index is 402. The third-order valence-electron chi connectivity index (χ3n) is 2.14. The highest BCUT2D eigenvalue weighted by atomic mass is 14.9. The van der Waals surface area contributed by atoms with Gasteiger partial charge in [0.25, 0.3) is 0 Å². The number of aromatic nitrogens is 1. The lowest BCUT2D eigenvalue weighted by molar-refractivity contribution is 0.411. The van der Waals surface area contributed by atoms with E-state index in [2.05, 4.69) is 10.3 Å². The summed E-state index contributed by atoms with van der Waals surface area (Å²) >= 11 is 0. The second-order valence-corrected chi connectivity index (χ2v) is 3.00. The van der Waals surface area contributed by atoms with Crippen molar-refractivity contribution >= 4 is 0 Å². The molecule has 0 bridgehead atoms. The van der Waals surface area contributed by atoms with E-state index in [0.717, 1.165) is 25.8 Å². The Labute approximate surface area is 78.6 Å². The maximum atomic E-state index is 7.81. The average Bonchev–Trinajstić information content (AvgIpc) is 2.28. The fourth-order valence-electron chi connectivity index (χ4n) is 1.50. The van der Waals surface area contributed by atoms with Gasteiger partial charge in [-0.05, 0) is 31.0 Å². The molecule has 2 rings (SSSR count). The normalized spacial score (nSPS) is 28.5. The molecular weight excluding hydrogens is 148 g/mol. The van der Waals surface area contributed by atoms with Gasteiger partial charge in [-0.2, -0.15) is 0 Å². The van der Waals surface area contributed by atoms with E-state index in [9.17, 15) is 0 Å². The van der Waals surface area contributed by atoms with Crippen molar-refractivity contribution in [1.29, 1.82) is 0 Å². The van der Waals surface area contributed by atoms with Gasteiger partial charge in [-0.1, -0.05) is 12.5 Å². The number of pyridine rings is 1. The van der Waals surface area contributed by atoms with Gasteiger partial charge in [-0.3, -0.25) is 4.98 Å². The van der Waals surface area contributed by atoms with Crippen LogP contribution in [0.25, 0.3) is 0 Å². The maximum absolute atomic E-state index is 7.81. The maximum Gasteiger partial charge on any atom is 0.0843 e. The quantitative estimate of drug-likeness (QED) is 0.689. The molecule has 0 amide bonds. The first-order valence-corrected chi connectivity index (χ1v) is 4.29. The summed E-state index contributed by atoms with van der Waals surface area (Å²) in [5.74, 6) is 0. The van der Waals surface area contributed by atoms with Crippen LogP contribution in [0.4, 0.5) is 0 Å². The molecule has 12 heavy (non-hydrogen) atoms. The molecule has 1 atom stereocenters. The Morgan fingerprint density at radius 2 is 2.58 bits per heavy atom. The fourth-order valence-corrected chi connectivity index (χ4v) is 1.50. The van der Waals surface area contributed by atoms with Gasteiger partial charge in [0, 0.05) is 18.4 Å². The molecule has 1 aromatic rings. The molecule has 0 aliphatic carbocycles. The van der Waals surface area contributed by atoms with Crippen molar-refractivity contribution in [1.82, 2.24) is 10.3 Å². The summed E-state index contributed by atoms with van der Waals surface area (Å²) in [7, 11) is 0. The number of rotatable bonds is 1. The molecule has 1 fully saturated rings. The molecule has 1 aromatic heterocycles. The molecule has 0 radical (unpaired) electrons. The summed E-state index contributed by atoms with van der Waals surface area (Å²) in [5, 5.41) is 3.24. The first-order chi connectivity index (χ1) is 7.61. The standard InChI is InChI=1S/C10H14N2/c1-2-7-12-10(5-1)9-4-3-6-11-8-9/h3-4,6,8,10,12H,1-2,5,7H2/i3D,4D,6D,8D. The molecule has 0 spiro atoms. The molecule has 1 aliphatic heterocycles. The number of hydrogen-bond acceptors (Lipinski definition) is 2. The minimum Gasteiger partial charge on any atom is -0.310 e. The molecule has 0 aromatic carbocycles. The minimum absolute atomic E-state index is 0.0237. The molecule has 2 heterocycles. The van der Waals surface area contributed by atoms with E-state index in [1.165, 1.54) is 0 Å². The third-order valence-corrected chi connectivity index (χ3v) is 2.14. The average molecular weight is 166 g/mol. The zero-order chi connectivity index (χ0) is 11.7. The lowest BCUT2D eigenvalue weighted by Crippen LogP contribution is -2.26. The molecule has 1 N–H and O–H groups in total. The minimum atomic E-state index is -0.283. The molecular formula is C10H14N2. The summed E-state index contributed by atoms with van der Waals surface area (Å²) in [6, 6.07) is -0.256. The molecule has 0 saturated carbocycles. The van der Waals surface area contributed by atoms with Crippen LogP contribution in [0, 0.1) is 0 Å². The number of piperidine rings is 1. The SMILES string of the molecule is [2H]c1nc([2H])c(C2CCCCN2)c([2H])c1[2H]. The van der Waals surface area contributed by atoms with Gasteiger partial charge in [-0.25, -0.2) is 0 Å². The van der Waals surface area contributed by atoms with E-state index in [4.69, 9.17) is 5.48 Å². The largest absolute Gasteiger partial charge is 0.310 e. The molecule has 1 aliphatic rings. The molecule has 2 nitrogen and oxygen atoms in total. The predicted molar refractivity (Wildman–Crippen MR) is 48.8 cm³/mol. The Morgan fingerprint density at radius 1 is 1.58 bits per heavy atom. The van der Waals surface area contributed by atoms with Gasteiger partial charge in [0.1, 0.15) is 0 Å². The zero-order valence-electron chi connectivity index (χ0n) is 10.9. The van der Waals surface area contributed by atoms with Crippen LogP contribution in [0.3, 0.4) is 0 Å². The Morgan fingerprint density at radius 3 is 3.42 bits per heavy atom. The summed E-state index contributed by atoms with van der Waals surface area (Å²) in [6.45, 7) is 0.875. The van der Waals surface area contributed by atoms with Crippen LogP contribution in [0.1, 0.15) is 36.4 Å². The van der Waals surface area contributed by atoms with E-state index in [-0.39, 0.29) is 30.5 Å². The van der Waals surface area contributed by atoms with Crippen molar-refractivity contribution in [2.24, 2.45) is 0 Å². The van der Waals surface area contributed by atoms with Crippen LogP contribution >= 0.6 is 0 Å². The zero-order valence-corrected chi connectivity index (χ0v) is 6.85. The lowest BCUT2D eigenvalue weighted by Gasteiger charge is -2.23. The molecule has 64 valence electrons. The highest BCUT2D eigenvalue weighted by molar-refractivity contribution is 5.14. The van der Waals surface area contributed by atoms with E-state index < -0.39 is 0 Å². The van der Waals surface area contributed by atoms with Gasteiger partial charge in [0.05, 0.1) is 5.48 Å². The molecule has 1 saturated heterocycles. The van der Waals surface area contributed by atoms with Gasteiger partial charge in [-0.15, -0.1) is 0 Å². The molecule has 1 unspecified atom stereocenters. The number of nitrogens with one attached hydrogen (secondary N) is 1. The van der Waals surface area contributed by atoms with Crippen LogP contribution in [-0.2, 0) is 0 Å². The fraction of sp³-hybridized carbons (Fsp3) is 0.500. The highest BCUT2D eigenvalue weighted by Gasteiger charge is 2.13. The van der Waals surface area contributed by atoms with E-state index in [1.807, 2.05) is 0 Å². The first-order valence-electron chi connectivity index (χ1n) is 6.29. The summed E-state index contributed by atoms with van der Waals surface area (Å²) < 4.78 is 30.4. The first kappa shape index (κ1) is 4.38. The van der Waals surface area contributed by atoms with Crippen molar-refractivity contribution in [3.8, 4) is 0 Å². The van der Waals surface area contributed by atoms with E-state index in [0.29, 0.717) is 5.56 Å². The third kappa shape index (κ3) is 1.64.